The molecule has 3 saturated heterocycles. The van der Waals surface area contributed by atoms with Gasteiger partial charge in [0.1, 0.15) is 17.7 Å². The normalized spacial score (nSPS) is 29.1. The van der Waals surface area contributed by atoms with Crippen LogP contribution >= 0.6 is 0 Å². The lowest BCUT2D eigenvalue weighted by Crippen LogP contribution is -2.54. The summed E-state index contributed by atoms with van der Waals surface area (Å²) < 4.78 is 26.5. The molecule has 3 atom stereocenters. The maximum Gasteiger partial charge on any atom is 0.325 e. The number of carbonyl (C=O) groups excluding carboxylic acids is 3. The minimum Gasteiger partial charge on any atom is -0.331 e. The molecule has 114 valence electrons. The number of nitrogens with one attached hydrogen (secondary N) is 1. The average molecular weight is 307 g/mol. The highest BCUT2D eigenvalue weighted by atomic mass is 19.1. The number of likely N-dealkylation sites (tertiary alicyclic amines) is 1. The summed E-state index contributed by atoms with van der Waals surface area (Å²) in [6.45, 7) is 0.263. The predicted molar refractivity (Wildman–Crippen MR) is 68.8 cm³/mol. The monoisotopic (exact) mass is 307 g/mol. The van der Waals surface area contributed by atoms with Crippen molar-refractivity contribution >= 4 is 17.8 Å². The first-order chi connectivity index (χ1) is 10.5. The van der Waals surface area contributed by atoms with Crippen LogP contribution in [0.5, 0.6) is 0 Å². The van der Waals surface area contributed by atoms with Crippen LogP contribution in [-0.2, 0) is 4.79 Å². The van der Waals surface area contributed by atoms with Crippen LogP contribution in [-0.4, -0.2) is 52.3 Å². The maximum absolute atomic E-state index is 13.3. The van der Waals surface area contributed by atoms with Crippen molar-refractivity contribution in [2.45, 2.75) is 24.5 Å². The standard InChI is InChI=1S/C14H11F2N3O3/c15-7-1-6(2-8(16)3-7)13(21)18-5-9-4-10(18)11-12(20)17-14(22)19(9)11/h1-3,9-11H,4-5H2,(H,17,20,22). The summed E-state index contributed by atoms with van der Waals surface area (Å²) in [5, 5.41) is 2.23. The largest absolute Gasteiger partial charge is 0.331 e. The quantitative estimate of drug-likeness (QED) is 0.767. The molecule has 2 bridgehead atoms. The van der Waals surface area contributed by atoms with Gasteiger partial charge in [-0.3, -0.25) is 14.9 Å². The number of imide groups is 1. The number of piperazine rings is 1. The molecule has 3 aliphatic rings. The van der Waals surface area contributed by atoms with Crippen molar-refractivity contribution in [3.63, 3.8) is 0 Å². The molecule has 6 nitrogen and oxygen atoms in total. The van der Waals surface area contributed by atoms with Crippen molar-refractivity contribution in [3.8, 4) is 0 Å². The third kappa shape index (κ3) is 1.66. The lowest BCUT2D eigenvalue weighted by atomic mass is 10.1. The Morgan fingerprint density at radius 1 is 1.18 bits per heavy atom. The van der Waals surface area contributed by atoms with E-state index in [-0.39, 0.29) is 18.2 Å². The lowest BCUT2D eigenvalue weighted by Gasteiger charge is -2.35. The second-order valence-corrected chi connectivity index (χ2v) is 5.72. The molecule has 0 aromatic heterocycles. The zero-order valence-corrected chi connectivity index (χ0v) is 11.3. The molecule has 4 rings (SSSR count). The number of rotatable bonds is 1. The van der Waals surface area contributed by atoms with E-state index >= 15 is 0 Å². The fourth-order valence-corrected chi connectivity index (χ4v) is 3.67. The molecule has 1 N–H and O–H groups in total. The molecule has 3 aliphatic heterocycles. The van der Waals surface area contributed by atoms with E-state index in [1.165, 1.54) is 9.80 Å². The number of carbonyl (C=O) groups is 3. The average Bonchev–Trinajstić information content (AvgIpc) is 3.09. The first kappa shape index (κ1) is 13.2. The van der Waals surface area contributed by atoms with Crippen molar-refractivity contribution < 1.29 is 23.2 Å². The van der Waals surface area contributed by atoms with Crippen LogP contribution in [0.4, 0.5) is 13.6 Å². The van der Waals surface area contributed by atoms with E-state index in [1.54, 1.807) is 0 Å². The predicted octanol–water partition coefficient (Wildman–Crippen LogP) is 0.482. The molecule has 0 radical (unpaired) electrons. The summed E-state index contributed by atoms with van der Waals surface area (Å²) in [5.41, 5.74) is -0.0960. The number of hydrogen-bond acceptors (Lipinski definition) is 3. The molecule has 1 aromatic rings. The Labute approximate surface area is 123 Å². The van der Waals surface area contributed by atoms with Crippen LogP contribution < -0.4 is 5.32 Å². The van der Waals surface area contributed by atoms with E-state index in [1.807, 2.05) is 0 Å². The molecule has 3 heterocycles. The highest BCUT2D eigenvalue weighted by Gasteiger charge is 2.60. The Kier molecular flexibility index (Phi) is 2.54. The summed E-state index contributed by atoms with van der Waals surface area (Å²) in [6, 6.07) is 0.807. The van der Waals surface area contributed by atoms with Crippen molar-refractivity contribution in [1.82, 2.24) is 15.1 Å². The second kappa shape index (κ2) is 4.25. The van der Waals surface area contributed by atoms with E-state index in [0.29, 0.717) is 12.5 Å². The molecule has 8 heteroatoms. The maximum atomic E-state index is 13.3. The van der Waals surface area contributed by atoms with Gasteiger partial charge in [0, 0.05) is 18.2 Å². The van der Waals surface area contributed by atoms with Crippen molar-refractivity contribution in [3.05, 3.63) is 35.4 Å². The molecule has 3 unspecified atom stereocenters. The molecule has 4 amide bonds. The smallest absolute Gasteiger partial charge is 0.325 e. The van der Waals surface area contributed by atoms with Gasteiger partial charge in [0.2, 0.25) is 0 Å². The van der Waals surface area contributed by atoms with Gasteiger partial charge in [0.05, 0.1) is 12.1 Å². The van der Waals surface area contributed by atoms with E-state index in [2.05, 4.69) is 5.32 Å². The van der Waals surface area contributed by atoms with Gasteiger partial charge in [-0.2, -0.15) is 0 Å². The van der Waals surface area contributed by atoms with Crippen LogP contribution in [0.2, 0.25) is 0 Å². The van der Waals surface area contributed by atoms with Gasteiger partial charge in [0.15, 0.2) is 0 Å². The lowest BCUT2D eigenvalue weighted by molar-refractivity contribution is -0.122. The zero-order chi connectivity index (χ0) is 15.6. The molecule has 0 spiro atoms. The van der Waals surface area contributed by atoms with Crippen LogP contribution in [0.3, 0.4) is 0 Å². The summed E-state index contributed by atoms with van der Waals surface area (Å²) in [6.07, 6.45) is 0.507. The van der Waals surface area contributed by atoms with E-state index < -0.39 is 41.6 Å². The Balaban J connectivity index is 1.64. The molecule has 0 saturated carbocycles. The van der Waals surface area contributed by atoms with Crippen molar-refractivity contribution in [2.24, 2.45) is 0 Å². The van der Waals surface area contributed by atoms with Crippen LogP contribution in [0, 0.1) is 11.6 Å². The Hall–Kier alpha value is -2.51. The molecule has 0 aliphatic carbocycles. The SMILES string of the molecule is O=C1NC(=O)N2C3CC(C12)N(C(=O)c1cc(F)cc(F)c1)C3. The van der Waals surface area contributed by atoms with E-state index in [9.17, 15) is 23.2 Å². The van der Waals surface area contributed by atoms with Gasteiger partial charge in [-0.05, 0) is 18.6 Å². The Morgan fingerprint density at radius 3 is 2.55 bits per heavy atom. The Morgan fingerprint density at radius 2 is 1.86 bits per heavy atom. The number of urea groups is 1. The highest BCUT2D eigenvalue weighted by Crippen LogP contribution is 2.39. The first-order valence-electron chi connectivity index (χ1n) is 6.86. The minimum absolute atomic E-state index is 0.0960. The van der Waals surface area contributed by atoms with Gasteiger partial charge < -0.3 is 9.80 Å². The van der Waals surface area contributed by atoms with Crippen LogP contribution in [0.25, 0.3) is 0 Å². The molecule has 1 aromatic carbocycles. The molecule has 3 fully saturated rings. The molecular formula is C14H11F2N3O3. The van der Waals surface area contributed by atoms with Crippen LogP contribution in [0.15, 0.2) is 18.2 Å². The molecular weight excluding hydrogens is 296 g/mol. The van der Waals surface area contributed by atoms with Gasteiger partial charge in [0.25, 0.3) is 11.8 Å². The number of nitrogens with zero attached hydrogens (tertiary/aromatic N) is 2. The first-order valence-corrected chi connectivity index (χ1v) is 6.86. The number of amides is 4. The molecule has 22 heavy (non-hydrogen) atoms. The number of hydrogen-bond donors (Lipinski definition) is 1. The Bertz CT molecular complexity index is 703. The third-order valence-corrected chi connectivity index (χ3v) is 4.48. The summed E-state index contributed by atoms with van der Waals surface area (Å²) in [7, 11) is 0. The summed E-state index contributed by atoms with van der Waals surface area (Å²) in [5.74, 6) is -2.62. The van der Waals surface area contributed by atoms with E-state index in [4.69, 9.17) is 0 Å². The zero-order valence-electron chi connectivity index (χ0n) is 11.3. The topological polar surface area (TPSA) is 69.7 Å². The van der Waals surface area contributed by atoms with E-state index in [0.717, 1.165) is 12.1 Å². The third-order valence-electron chi connectivity index (χ3n) is 4.48. The fourth-order valence-electron chi connectivity index (χ4n) is 3.67. The second-order valence-electron chi connectivity index (χ2n) is 5.72. The highest BCUT2D eigenvalue weighted by molar-refractivity contribution is 6.06. The van der Waals surface area contributed by atoms with Crippen LogP contribution in [0.1, 0.15) is 16.8 Å². The van der Waals surface area contributed by atoms with Crippen molar-refractivity contribution in [2.75, 3.05) is 6.54 Å². The number of halogens is 2. The summed E-state index contributed by atoms with van der Waals surface area (Å²) >= 11 is 0. The van der Waals surface area contributed by atoms with Gasteiger partial charge in [-0.25, -0.2) is 13.6 Å². The van der Waals surface area contributed by atoms with Gasteiger partial charge in [-0.15, -0.1) is 0 Å². The minimum atomic E-state index is -0.830. The summed E-state index contributed by atoms with van der Waals surface area (Å²) in [4.78, 5) is 38.9. The van der Waals surface area contributed by atoms with Gasteiger partial charge >= 0.3 is 6.03 Å². The number of fused-ring (bicyclic) bond motifs is 5. The fraction of sp³-hybridized carbons (Fsp3) is 0.357. The van der Waals surface area contributed by atoms with Crippen molar-refractivity contribution in [1.29, 1.82) is 0 Å². The number of benzene rings is 1. The van der Waals surface area contributed by atoms with Gasteiger partial charge in [-0.1, -0.05) is 0 Å².